The number of hydrogen-bond acceptors (Lipinski definition) is 4. The Morgan fingerprint density at radius 3 is 2.85 bits per heavy atom. The van der Waals surface area contributed by atoms with Crippen LogP contribution in [0.4, 0.5) is 11.5 Å². The fourth-order valence-corrected chi connectivity index (χ4v) is 2.91. The van der Waals surface area contributed by atoms with Crippen molar-refractivity contribution in [2.75, 3.05) is 29.9 Å². The Balaban J connectivity index is 1.58. The van der Waals surface area contributed by atoms with Crippen LogP contribution in [-0.2, 0) is 11.3 Å². The van der Waals surface area contributed by atoms with Crippen LogP contribution < -0.4 is 16.0 Å². The van der Waals surface area contributed by atoms with E-state index in [-0.39, 0.29) is 6.10 Å². The van der Waals surface area contributed by atoms with E-state index in [1.807, 2.05) is 18.3 Å². The van der Waals surface area contributed by atoms with E-state index in [0.717, 1.165) is 36.8 Å². The number of rotatable bonds is 4. The van der Waals surface area contributed by atoms with Crippen molar-refractivity contribution < 1.29 is 4.74 Å². The summed E-state index contributed by atoms with van der Waals surface area (Å²) in [6.45, 7) is 9.24. The highest BCUT2D eigenvalue weighted by Gasteiger charge is 2.17. The molecular weight excluding hydrogens is 326 g/mol. The van der Waals surface area contributed by atoms with Gasteiger partial charge in [-0.1, -0.05) is 12.1 Å². The quantitative estimate of drug-likeness (QED) is 0.653. The Bertz CT molecular complexity index is 772. The molecule has 1 atom stereocenters. The van der Waals surface area contributed by atoms with Crippen molar-refractivity contribution >= 4 is 17.5 Å². The molecule has 6 nitrogen and oxygen atoms in total. The Morgan fingerprint density at radius 1 is 1.31 bits per heavy atom. The smallest absolute Gasteiger partial charge is 0.193 e. The molecule has 2 heterocycles. The number of morpholine rings is 1. The molecule has 0 radical (unpaired) electrons. The number of aryl methyl sites for hydroxylation is 2. The molecule has 1 aromatic carbocycles. The van der Waals surface area contributed by atoms with Crippen molar-refractivity contribution in [3.05, 3.63) is 53.2 Å². The molecule has 1 fully saturated rings. The third-order valence-corrected chi connectivity index (χ3v) is 4.59. The second-order valence-corrected chi connectivity index (χ2v) is 6.78. The molecule has 6 heteroatoms. The van der Waals surface area contributed by atoms with Gasteiger partial charge in [-0.25, -0.2) is 9.98 Å². The van der Waals surface area contributed by atoms with E-state index in [1.165, 1.54) is 11.1 Å². The summed E-state index contributed by atoms with van der Waals surface area (Å²) in [5.74, 6) is 1.38. The maximum absolute atomic E-state index is 6.00. The standard InChI is InChI=1S/C20H27N5O/c1-14-4-6-18(10-15(14)2)24-20(21)23-12-17-5-7-19(22-11-17)25-8-9-26-16(3)13-25/h4-7,10-11,16H,8-9,12-13H2,1-3H3,(H3,21,23,24). The minimum atomic E-state index is 0.242. The zero-order chi connectivity index (χ0) is 18.5. The normalized spacial score (nSPS) is 18.0. The number of aromatic nitrogens is 1. The van der Waals surface area contributed by atoms with Crippen LogP contribution in [-0.4, -0.2) is 36.7 Å². The first-order valence-electron chi connectivity index (χ1n) is 8.97. The third kappa shape index (κ3) is 4.73. The number of anilines is 2. The minimum Gasteiger partial charge on any atom is -0.375 e. The Hall–Kier alpha value is -2.60. The van der Waals surface area contributed by atoms with Crippen molar-refractivity contribution in [2.24, 2.45) is 10.7 Å². The van der Waals surface area contributed by atoms with Gasteiger partial charge in [0.1, 0.15) is 5.82 Å². The number of nitrogens with one attached hydrogen (secondary N) is 1. The van der Waals surface area contributed by atoms with E-state index < -0.39 is 0 Å². The van der Waals surface area contributed by atoms with E-state index in [1.54, 1.807) is 0 Å². The van der Waals surface area contributed by atoms with Crippen LogP contribution in [0.2, 0.25) is 0 Å². The van der Waals surface area contributed by atoms with Gasteiger partial charge >= 0.3 is 0 Å². The van der Waals surface area contributed by atoms with Crippen molar-refractivity contribution in [3.8, 4) is 0 Å². The van der Waals surface area contributed by atoms with Gasteiger partial charge in [0.05, 0.1) is 19.3 Å². The van der Waals surface area contributed by atoms with Crippen LogP contribution in [0.5, 0.6) is 0 Å². The summed E-state index contributed by atoms with van der Waals surface area (Å²) in [6, 6.07) is 10.2. The van der Waals surface area contributed by atoms with Crippen molar-refractivity contribution in [3.63, 3.8) is 0 Å². The second-order valence-electron chi connectivity index (χ2n) is 6.78. The lowest BCUT2D eigenvalue weighted by Crippen LogP contribution is -2.41. The maximum atomic E-state index is 6.00. The second kappa shape index (κ2) is 8.19. The topological polar surface area (TPSA) is 75.8 Å². The highest BCUT2D eigenvalue weighted by molar-refractivity contribution is 5.92. The van der Waals surface area contributed by atoms with E-state index in [2.05, 4.69) is 59.2 Å². The predicted octanol–water partition coefficient (Wildman–Crippen LogP) is 2.85. The van der Waals surface area contributed by atoms with Crippen LogP contribution in [0, 0.1) is 13.8 Å². The summed E-state index contributed by atoms with van der Waals surface area (Å²) in [5.41, 5.74) is 10.5. The number of aliphatic imine (C=N–C) groups is 1. The van der Waals surface area contributed by atoms with Crippen LogP contribution in [0.25, 0.3) is 0 Å². The summed E-state index contributed by atoms with van der Waals surface area (Å²) in [7, 11) is 0. The number of hydrogen-bond donors (Lipinski definition) is 2. The van der Waals surface area contributed by atoms with Crippen LogP contribution in [0.15, 0.2) is 41.5 Å². The molecule has 1 aliphatic heterocycles. The average molecular weight is 353 g/mol. The van der Waals surface area contributed by atoms with Gasteiger partial charge in [-0.15, -0.1) is 0 Å². The van der Waals surface area contributed by atoms with Crippen molar-refractivity contribution in [1.29, 1.82) is 0 Å². The van der Waals surface area contributed by atoms with E-state index in [4.69, 9.17) is 10.5 Å². The van der Waals surface area contributed by atoms with Crippen LogP contribution >= 0.6 is 0 Å². The number of ether oxygens (including phenoxy) is 1. The molecule has 1 aliphatic rings. The summed E-state index contributed by atoms with van der Waals surface area (Å²) >= 11 is 0. The minimum absolute atomic E-state index is 0.242. The molecule has 26 heavy (non-hydrogen) atoms. The molecule has 0 saturated carbocycles. The zero-order valence-electron chi connectivity index (χ0n) is 15.7. The Kier molecular flexibility index (Phi) is 5.73. The third-order valence-electron chi connectivity index (χ3n) is 4.59. The molecule has 1 unspecified atom stereocenters. The lowest BCUT2D eigenvalue weighted by molar-refractivity contribution is 0.0529. The van der Waals surface area contributed by atoms with E-state index in [0.29, 0.717) is 12.5 Å². The largest absolute Gasteiger partial charge is 0.375 e. The fourth-order valence-electron chi connectivity index (χ4n) is 2.91. The number of benzene rings is 1. The van der Waals surface area contributed by atoms with Gasteiger partial charge in [0.2, 0.25) is 0 Å². The molecule has 3 N–H and O–H groups in total. The zero-order valence-corrected chi connectivity index (χ0v) is 15.7. The molecule has 0 bridgehead atoms. The van der Waals surface area contributed by atoms with Gasteiger partial charge in [-0.2, -0.15) is 0 Å². The molecule has 0 amide bonds. The first-order chi connectivity index (χ1) is 12.5. The SMILES string of the molecule is Cc1ccc(NC(N)=NCc2ccc(N3CCOC(C)C3)nc2)cc1C. The van der Waals surface area contributed by atoms with Crippen molar-refractivity contribution in [1.82, 2.24) is 4.98 Å². The Morgan fingerprint density at radius 2 is 2.15 bits per heavy atom. The van der Waals surface area contributed by atoms with Gasteiger partial charge < -0.3 is 20.7 Å². The molecule has 138 valence electrons. The summed E-state index contributed by atoms with van der Waals surface area (Å²) in [4.78, 5) is 11.2. The van der Waals surface area contributed by atoms with Gasteiger partial charge in [-0.05, 0) is 55.7 Å². The van der Waals surface area contributed by atoms with Crippen LogP contribution in [0.1, 0.15) is 23.6 Å². The molecule has 1 aromatic heterocycles. The summed E-state index contributed by atoms with van der Waals surface area (Å²) in [5, 5.41) is 3.13. The van der Waals surface area contributed by atoms with Crippen LogP contribution in [0.3, 0.4) is 0 Å². The number of nitrogens with zero attached hydrogens (tertiary/aromatic N) is 3. The van der Waals surface area contributed by atoms with E-state index in [9.17, 15) is 0 Å². The lowest BCUT2D eigenvalue weighted by atomic mass is 10.1. The fraction of sp³-hybridized carbons (Fsp3) is 0.400. The molecule has 3 rings (SSSR count). The first-order valence-corrected chi connectivity index (χ1v) is 8.97. The highest BCUT2D eigenvalue weighted by Crippen LogP contribution is 2.16. The molecular formula is C20H27N5O. The molecule has 0 spiro atoms. The predicted molar refractivity (Wildman–Crippen MR) is 107 cm³/mol. The van der Waals surface area contributed by atoms with Gasteiger partial charge in [0, 0.05) is 25.0 Å². The summed E-state index contributed by atoms with van der Waals surface area (Å²) in [6.07, 6.45) is 2.11. The summed E-state index contributed by atoms with van der Waals surface area (Å²) < 4.78 is 5.57. The molecule has 1 saturated heterocycles. The Labute approximate surface area is 155 Å². The number of guanidine groups is 1. The maximum Gasteiger partial charge on any atom is 0.193 e. The first kappa shape index (κ1) is 18.2. The van der Waals surface area contributed by atoms with Gasteiger partial charge in [0.25, 0.3) is 0 Å². The van der Waals surface area contributed by atoms with Gasteiger partial charge in [-0.3, -0.25) is 0 Å². The average Bonchev–Trinajstić information content (AvgIpc) is 2.63. The number of nitrogens with two attached hydrogens (primary N) is 1. The monoisotopic (exact) mass is 353 g/mol. The van der Waals surface area contributed by atoms with Crippen molar-refractivity contribution in [2.45, 2.75) is 33.4 Å². The highest BCUT2D eigenvalue weighted by atomic mass is 16.5. The molecule has 0 aliphatic carbocycles. The molecule has 2 aromatic rings. The van der Waals surface area contributed by atoms with E-state index >= 15 is 0 Å². The van der Waals surface area contributed by atoms with Gasteiger partial charge in [0.15, 0.2) is 5.96 Å². The number of pyridine rings is 1. The lowest BCUT2D eigenvalue weighted by Gasteiger charge is -2.32.